The number of hydrogen-bond donors (Lipinski definition) is 1. The Bertz CT molecular complexity index is 498. The van der Waals surface area contributed by atoms with E-state index in [1.807, 2.05) is 0 Å². The lowest BCUT2D eigenvalue weighted by Gasteiger charge is -2.64. The van der Waals surface area contributed by atoms with E-state index in [0.717, 1.165) is 30.6 Å². The predicted octanol–water partition coefficient (Wildman–Crippen LogP) is 4.53. The number of carbonyl (C=O) groups is 1. The van der Waals surface area contributed by atoms with Crippen molar-refractivity contribution in [3.05, 3.63) is 0 Å². The summed E-state index contributed by atoms with van der Waals surface area (Å²) in [6.45, 7) is 9.91. The second kappa shape index (κ2) is 4.51. The molecule has 6 atom stereocenters. The summed E-state index contributed by atoms with van der Waals surface area (Å²) in [6, 6.07) is 0.383. The molecule has 22 heavy (non-hydrogen) atoms. The van der Waals surface area contributed by atoms with E-state index in [-0.39, 0.29) is 11.3 Å². The zero-order chi connectivity index (χ0) is 15.8. The Balaban J connectivity index is 1.73. The molecule has 0 radical (unpaired) electrons. The average Bonchev–Trinajstić information content (AvgIpc) is 2.83. The molecule has 1 amide bonds. The number of fused-ring (bicyclic) bond motifs is 5. The van der Waals surface area contributed by atoms with Gasteiger partial charge in [0.25, 0.3) is 0 Å². The molecular formula is C20H33NO. The first-order valence-electron chi connectivity index (χ1n) is 9.56. The van der Waals surface area contributed by atoms with Gasteiger partial charge in [0.1, 0.15) is 0 Å². The molecule has 2 nitrogen and oxygen atoms in total. The van der Waals surface area contributed by atoms with Crippen LogP contribution in [-0.4, -0.2) is 11.9 Å². The van der Waals surface area contributed by atoms with Gasteiger partial charge in [0.15, 0.2) is 0 Å². The minimum absolute atomic E-state index is 0.243. The molecule has 1 unspecified atom stereocenters. The largest absolute Gasteiger partial charge is 0.352 e. The van der Waals surface area contributed by atoms with E-state index in [1.165, 1.54) is 38.5 Å². The third-order valence-corrected chi connectivity index (χ3v) is 8.46. The average molecular weight is 303 g/mol. The number of carbonyl (C=O) groups excluding carboxylic acids is 1. The molecule has 0 spiro atoms. The van der Waals surface area contributed by atoms with E-state index in [9.17, 15) is 4.79 Å². The summed E-state index contributed by atoms with van der Waals surface area (Å²) >= 11 is 0. The summed E-state index contributed by atoms with van der Waals surface area (Å²) in [5, 5.41) is 3.41. The molecule has 2 heteroatoms. The SMILES string of the molecule is CC1(C)C[C@@H]2[C@@H](CC[C@]3(C)CCC[C@@H]23)[C@@]2(C)CCC(=O)NC12. The highest BCUT2D eigenvalue weighted by atomic mass is 16.1. The molecule has 1 saturated heterocycles. The summed E-state index contributed by atoms with van der Waals surface area (Å²) in [5.41, 5.74) is 1.19. The van der Waals surface area contributed by atoms with Gasteiger partial charge >= 0.3 is 0 Å². The van der Waals surface area contributed by atoms with E-state index in [1.54, 1.807) is 0 Å². The molecular weight excluding hydrogens is 270 g/mol. The molecule has 0 bridgehead atoms. The van der Waals surface area contributed by atoms with Crippen molar-refractivity contribution in [3.63, 3.8) is 0 Å². The lowest BCUT2D eigenvalue weighted by atomic mass is 9.43. The molecule has 0 aromatic carbocycles. The van der Waals surface area contributed by atoms with Crippen LogP contribution in [-0.2, 0) is 4.79 Å². The molecule has 124 valence electrons. The van der Waals surface area contributed by atoms with Crippen molar-refractivity contribution in [2.24, 2.45) is 34.0 Å². The van der Waals surface area contributed by atoms with Crippen LogP contribution >= 0.6 is 0 Å². The predicted molar refractivity (Wildman–Crippen MR) is 89.3 cm³/mol. The maximum absolute atomic E-state index is 12.0. The van der Waals surface area contributed by atoms with Crippen molar-refractivity contribution in [1.29, 1.82) is 0 Å². The summed E-state index contributed by atoms with van der Waals surface area (Å²) < 4.78 is 0. The minimum Gasteiger partial charge on any atom is -0.352 e. The van der Waals surface area contributed by atoms with Crippen molar-refractivity contribution < 1.29 is 4.79 Å². The van der Waals surface area contributed by atoms with Crippen LogP contribution in [0.3, 0.4) is 0 Å². The van der Waals surface area contributed by atoms with Crippen molar-refractivity contribution >= 4 is 5.91 Å². The van der Waals surface area contributed by atoms with E-state index < -0.39 is 0 Å². The van der Waals surface area contributed by atoms with Crippen LogP contribution in [0.15, 0.2) is 0 Å². The van der Waals surface area contributed by atoms with Gasteiger partial charge in [-0.2, -0.15) is 0 Å². The van der Waals surface area contributed by atoms with Gasteiger partial charge in [-0.3, -0.25) is 4.79 Å². The number of piperidine rings is 1. The molecule has 0 aromatic heterocycles. The lowest BCUT2D eigenvalue weighted by molar-refractivity contribution is -0.152. The van der Waals surface area contributed by atoms with Gasteiger partial charge < -0.3 is 5.32 Å². The van der Waals surface area contributed by atoms with Gasteiger partial charge in [-0.15, -0.1) is 0 Å². The monoisotopic (exact) mass is 303 g/mol. The van der Waals surface area contributed by atoms with Crippen LogP contribution < -0.4 is 5.32 Å². The Hall–Kier alpha value is -0.530. The van der Waals surface area contributed by atoms with Crippen LogP contribution in [0.4, 0.5) is 0 Å². The summed E-state index contributed by atoms with van der Waals surface area (Å²) in [5.74, 6) is 2.96. The summed E-state index contributed by atoms with van der Waals surface area (Å²) in [7, 11) is 0. The number of rotatable bonds is 0. The highest BCUT2D eigenvalue weighted by Crippen LogP contribution is 2.66. The Morgan fingerprint density at radius 3 is 2.55 bits per heavy atom. The van der Waals surface area contributed by atoms with Gasteiger partial charge in [0.05, 0.1) is 0 Å². The third kappa shape index (κ3) is 1.88. The second-order valence-corrected chi connectivity index (χ2v) is 10.2. The van der Waals surface area contributed by atoms with Gasteiger partial charge in [-0.25, -0.2) is 0 Å². The van der Waals surface area contributed by atoms with Crippen molar-refractivity contribution in [3.8, 4) is 0 Å². The lowest BCUT2D eigenvalue weighted by Crippen LogP contribution is -2.66. The fourth-order valence-electron chi connectivity index (χ4n) is 7.52. The number of hydrogen-bond acceptors (Lipinski definition) is 1. The molecule has 3 saturated carbocycles. The smallest absolute Gasteiger partial charge is 0.220 e. The minimum atomic E-state index is 0.243. The molecule has 1 heterocycles. The molecule has 0 aromatic rings. The first-order chi connectivity index (χ1) is 10.3. The van der Waals surface area contributed by atoms with Crippen LogP contribution in [0.25, 0.3) is 0 Å². The Labute approximate surface area is 135 Å². The molecule has 1 N–H and O–H groups in total. The zero-order valence-corrected chi connectivity index (χ0v) is 14.9. The van der Waals surface area contributed by atoms with Crippen LogP contribution in [0.5, 0.6) is 0 Å². The molecule has 4 fully saturated rings. The van der Waals surface area contributed by atoms with E-state index in [0.29, 0.717) is 16.9 Å². The zero-order valence-electron chi connectivity index (χ0n) is 14.9. The van der Waals surface area contributed by atoms with Crippen molar-refractivity contribution in [2.45, 2.75) is 85.1 Å². The Kier molecular flexibility index (Phi) is 3.08. The van der Waals surface area contributed by atoms with Crippen LogP contribution in [0, 0.1) is 34.0 Å². The van der Waals surface area contributed by atoms with E-state index >= 15 is 0 Å². The van der Waals surface area contributed by atoms with Gasteiger partial charge in [-0.1, -0.05) is 34.1 Å². The van der Waals surface area contributed by atoms with Crippen LogP contribution in [0.1, 0.15) is 79.1 Å². The molecule has 4 rings (SSSR count). The quantitative estimate of drug-likeness (QED) is 0.699. The van der Waals surface area contributed by atoms with Crippen molar-refractivity contribution in [1.82, 2.24) is 5.32 Å². The molecule has 3 aliphatic carbocycles. The maximum atomic E-state index is 12.0. The first-order valence-corrected chi connectivity index (χ1v) is 9.56. The summed E-state index contributed by atoms with van der Waals surface area (Å²) in [4.78, 5) is 12.0. The van der Waals surface area contributed by atoms with Crippen molar-refractivity contribution in [2.75, 3.05) is 0 Å². The topological polar surface area (TPSA) is 29.1 Å². The van der Waals surface area contributed by atoms with E-state index in [2.05, 4.69) is 33.0 Å². The molecule has 1 aliphatic heterocycles. The maximum Gasteiger partial charge on any atom is 0.220 e. The van der Waals surface area contributed by atoms with E-state index in [4.69, 9.17) is 0 Å². The standard InChI is InChI=1S/C20H33NO/c1-18(2)12-13-14-6-5-9-19(14,3)10-7-15(13)20(4)11-8-16(22)21-17(18)20/h13-15,17H,5-12H2,1-4H3,(H,21,22)/t13-,14-,15+,17?,19-,20+/m0/s1. The second-order valence-electron chi connectivity index (χ2n) is 10.2. The summed E-state index contributed by atoms with van der Waals surface area (Å²) in [6.07, 6.45) is 10.4. The van der Waals surface area contributed by atoms with Gasteiger partial charge in [0.2, 0.25) is 5.91 Å². The van der Waals surface area contributed by atoms with Gasteiger partial charge in [-0.05, 0) is 72.5 Å². The van der Waals surface area contributed by atoms with Gasteiger partial charge in [0, 0.05) is 12.5 Å². The Morgan fingerprint density at radius 2 is 1.77 bits per heavy atom. The third-order valence-electron chi connectivity index (χ3n) is 8.46. The highest BCUT2D eigenvalue weighted by molar-refractivity contribution is 5.77. The Morgan fingerprint density at radius 1 is 1.00 bits per heavy atom. The number of nitrogens with one attached hydrogen (secondary N) is 1. The highest BCUT2D eigenvalue weighted by Gasteiger charge is 2.62. The number of amides is 1. The fourth-order valence-corrected chi connectivity index (χ4v) is 7.52. The fraction of sp³-hybridized carbons (Fsp3) is 0.950. The molecule has 4 aliphatic rings. The first kappa shape index (κ1) is 15.0. The normalized spacial score (nSPS) is 53.2. The van der Waals surface area contributed by atoms with Crippen LogP contribution in [0.2, 0.25) is 0 Å².